The van der Waals surface area contributed by atoms with Crippen LogP contribution in [-0.4, -0.2) is 15.9 Å². The minimum atomic E-state index is -0.148. The molecule has 0 saturated heterocycles. The first kappa shape index (κ1) is 14.4. The first-order valence-electron chi connectivity index (χ1n) is 4.98. The van der Waals surface area contributed by atoms with Gasteiger partial charge in [-0.15, -0.1) is 12.6 Å². The molecule has 0 aromatic heterocycles. The highest BCUT2D eigenvalue weighted by Gasteiger charge is 2.31. The Morgan fingerprint density at radius 1 is 1.29 bits per heavy atom. The van der Waals surface area contributed by atoms with E-state index in [0.717, 1.165) is 10.6 Å². The Morgan fingerprint density at radius 3 is 2.00 bits per heavy atom. The maximum absolute atomic E-state index is 5.83. The maximum atomic E-state index is 5.83. The molecule has 0 N–H and O–H groups in total. The molecule has 0 aliphatic heterocycles. The van der Waals surface area contributed by atoms with E-state index >= 15 is 0 Å². The van der Waals surface area contributed by atoms with Crippen molar-refractivity contribution in [3.63, 3.8) is 0 Å². The number of rotatable bonds is 5. The SMILES string of the molecule is CC(C)OC(C)(C)CC(C)(C)C(=S)S. The molecule has 0 radical (unpaired) electrons. The molecule has 84 valence electrons. The van der Waals surface area contributed by atoms with Crippen LogP contribution in [0, 0.1) is 5.41 Å². The molecular formula is C11H22OS2. The summed E-state index contributed by atoms with van der Waals surface area (Å²) in [6.07, 6.45) is 1.13. The predicted molar refractivity (Wildman–Crippen MR) is 70.3 cm³/mol. The lowest BCUT2D eigenvalue weighted by Crippen LogP contribution is -2.35. The zero-order valence-electron chi connectivity index (χ0n) is 10.0. The van der Waals surface area contributed by atoms with E-state index in [-0.39, 0.29) is 17.1 Å². The van der Waals surface area contributed by atoms with Crippen LogP contribution < -0.4 is 0 Å². The average molecular weight is 234 g/mol. The Hall–Kier alpha value is 0.400. The van der Waals surface area contributed by atoms with Gasteiger partial charge in [0.1, 0.15) is 0 Å². The van der Waals surface area contributed by atoms with Gasteiger partial charge in [-0.2, -0.15) is 0 Å². The molecule has 0 bridgehead atoms. The number of ether oxygens (including phenoxy) is 1. The van der Waals surface area contributed by atoms with Crippen LogP contribution in [-0.2, 0) is 4.74 Å². The van der Waals surface area contributed by atoms with Crippen LogP contribution in [0.3, 0.4) is 0 Å². The molecule has 0 spiro atoms. The first-order chi connectivity index (χ1) is 6.07. The Balaban J connectivity index is 4.42. The van der Waals surface area contributed by atoms with Gasteiger partial charge in [0, 0.05) is 5.41 Å². The predicted octanol–water partition coefficient (Wildman–Crippen LogP) is 3.86. The van der Waals surface area contributed by atoms with E-state index < -0.39 is 0 Å². The van der Waals surface area contributed by atoms with Crippen molar-refractivity contribution in [3.05, 3.63) is 0 Å². The molecule has 1 nitrogen and oxygen atoms in total. The van der Waals surface area contributed by atoms with Crippen LogP contribution in [0.4, 0.5) is 0 Å². The lowest BCUT2D eigenvalue weighted by atomic mass is 9.83. The molecule has 0 rings (SSSR count). The molecule has 0 atom stereocenters. The summed E-state index contributed by atoms with van der Waals surface area (Å²) in [5.74, 6) is 0. The van der Waals surface area contributed by atoms with Gasteiger partial charge in [0.2, 0.25) is 0 Å². The third-order valence-corrected chi connectivity index (χ3v) is 3.16. The van der Waals surface area contributed by atoms with Gasteiger partial charge in [-0.1, -0.05) is 26.1 Å². The average Bonchev–Trinajstić information content (AvgIpc) is 1.79. The molecule has 0 aromatic rings. The summed E-state index contributed by atoms with van der Waals surface area (Å²) < 4.78 is 6.58. The number of hydrogen-bond acceptors (Lipinski definition) is 2. The Bertz CT molecular complexity index is 207. The van der Waals surface area contributed by atoms with Crippen molar-refractivity contribution >= 4 is 29.0 Å². The zero-order valence-corrected chi connectivity index (χ0v) is 11.8. The quantitative estimate of drug-likeness (QED) is 0.571. The summed E-state index contributed by atoms with van der Waals surface area (Å²) >= 11 is 9.38. The summed E-state index contributed by atoms with van der Waals surface area (Å²) in [5.41, 5.74) is -0.207. The molecule has 0 aromatic carbocycles. The fraction of sp³-hybridized carbons (Fsp3) is 0.909. The van der Waals surface area contributed by atoms with E-state index in [0.29, 0.717) is 0 Å². The maximum Gasteiger partial charge on any atom is 0.0638 e. The minimum absolute atomic E-state index is 0.0587. The van der Waals surface area contributed by atoms with E-state index in [9.17, 15) is 0 Å². The van der Waals surface area contributed by atoms with Crippen LogP contribution >= 0.6 is 24.8 Å². The molecule has 0 heterocycles. The summed E-state index contributed by atoms with van der Waals surface area (Å²) in [6.45, 7) is 12.5. The van der Waals surface area contributed by atoms with Gasteiger partial charge in [-0.25, -0.2) is 0 Å². The third-order valence-electron chi connectivity index (χ3n) is 2.00. The van der Waals surface area contributed by atoms with Crippen LogP contribution in [0.15, 0.2) is 0 Å². The van der Waals surface area contributed by atoms with Crippen molar-refractivity contribution in [2.75, 3.05) is 0 Å². The van der Waals surface area contributed by atoms with Gasteiger partial charge in [-0.05, 0) is 34.1 Å². The van der Waals surface area contributed by atoms with E-state index in [1.165, 1.54) is 0 Å². The molecule has 0 aliphatic rings. The summed E-state index contributed by atoms with van der Waals surface area (Å²) in [7, 11) is 0. The molecule has 0 saturated carbocycles. The van der Waals surface area contributed by atoms with Crippen molar-refractivity contribution in [1.29, 1.82) is 0 Å². The van der Waals surface area contributed by atoms with E-state index in [2.05, 4.69) is 40.3 Å². The minimum Gasteiger partial charge on any atom is -0.373 e. The molecule has 3 heteroatoms. The van der Waals surface area contributed by atoms with E-state index in [1.807, 2.05) is 13.8 Å². The van der Waals surface area contributed by atoms with Crippen LogP contribution in [0.5, 0.6) is 0 Å². The number of thiol groups is 1. The standard InChI is InChI=1S/C11H22OS2/c1-8(2)12-11(5,6)7-10(3,4)9(13)14/h8H,7H2,1-6H3,(H,13,14). The topological polar surface area (TPSA) is 9.23 Å². The second-order valence-electron chi connectivity index (χ2n) is 5.29. The second-order valence-corrected chi connectivity index (χ2v) is 6.45. The number of hydrogen-bond donors (Lipinski definition) is 1. The fourth-order valence-electron chi connectivity index (χ4n) is 1.82. The van der Waals surface area contributed by atoms with Crippen molar-refractivity contribution in [2.45, 2.75) is 59.7 Å². The van der Waals surface area contributed by atoms with Gasteiger partial charge < -0.3 is 4.74 Å². The highest BCUT2D eigenvalue weighted by atomic mass is 32.1. The van der Waals surface area contributed by atoms with Gasteiger partial charge in [0.25, 0.3) is 0 Å². The Morgan fingerprint density at radius 2 is 1.71 bits per heavy atom. The summed E-state index contributed by atoms with van der Waals surface area (Å²) in [6, 6.07) is 0. The molecule has 0 unspecified atom stereocenters. The van der Waals surface area contributed by atoms with E-state index in [4.69, 9.17) is 17.0 Å². The summed E-state index contributed by atoms with van der Waals surface area (Å²) in [4.78, 5) is 0. The Labute approximate surface area is 99.0 Å². The number of thiocarbonyl (C=S) groups is 1. The van der Waals surface area contributed by atoms with Gasteiger partial charge in [0.05, 0.1) is 15.9 Å². The van der Waals surface area contributed by atoms with Crippen molar-refractivity contribution in [1.82, 2.24) is 0 Å². The largest absolute Gasteiger partial charge is 0.373 e. The van der Waals surface area contributed by atoms with Gasteiger partial charge in [0.15, 0.2) is 0 Å². The molecule has 0 amide bonds. The molecule has 0 fully saturated rings. The highest BCUT2D eigenvalue weighted by Crippen LogP contribution is 2.33. The van der Waals surface area contributed by atoms with Crippen molar-refractivity contribution in [2.24, 2.45) is 5.41 Å². The van der Waals surface area contributed by atoms with Gasteiger partial charge >= 0.3 is 0 Å². The smallest absolute Gasteiger partial charge is 0.0638 e. The van der Waals surface area contributed by atoms with Crippen LogP contribution in [0.25, 0.3) is 0 Å². The second kappa shape index (κ2) is 4.95. The lowest BCUT2D eigenvalue weighted by molar-refractivity contribution is -0.0709. The monoisotopic (exact) mass is 234 g/mol. The normalized spacial score (nSPS) is 13.4. The van der Waals surface area contributed by atoms with Crippen LogP contribution in [0.2, 0.25) is 0 Å². The third kappa shape index (κ3) is 5.32. The first-order valence-corrected chi connectivity index (χ1v) is 5.83. The zero-order chi connectivity index (χ0) is 11.6. The lowest BCUT2D eigenvalue weighted by Gasteiger charge is -2.35. The fourth-order valence-corrected chi connectivity index (χ4v) is 1.97. The summed E-state index contributed by atoms with van der Waals surface area (Å²) in [5, 5.41) is 0. The molecule has 0 aliphatic carbocycles. The van der Waals surface area contributed by atoms with Gasteiger partial charge in [-0.3, -0.25) is 0 Å². The molecule has 14 heavy (non-hydrogen) atoms. The van der Waals surface area contributed by atoms with E-state index in [1.54, 1.807) is 0 Å². The van der Waals surface area contributed by atoms with Crippen molar-refractivity contribution < 1.29 is 4.74 Å². The highest BCUT2D eigenvalue weighted by molar-refractivity contribution is 8.11. The molecular weight excluding hydrogens is 212 g/mol. The van der Waals surface area contributed by atoms with Crippen molar-refractivity contribution in [3.8, 4) is 0 Å². The van der Waals surface area contributed by atoms with Crippen LogP contribution in [0.1, 0.15) is 48.0 Å². The Kier molecular flexibility index (Phi) is 5.09.